The van der Waals surface area contributed by atoms with Gasteiger partial charge in [0.25, 0.3) is 5.91 Å². The number of pyridine rings is 2. The highest BCUT2D eigenvalue weighted by molar-refractivity contribution is 5.99. The molecule has 0 bridgehead atoms. The number of hydrogen-bond acceptors (Lipinski definition) is 7. The molecule has 49 heavy (non-hydrogen) atoms. The van der Waals surface area contributed by atoms with Crippen molar-refractivity contribution in [3.05, 3.63) is 75.7 Å². The van der Waals surface area contributed by atoms with Crippen molar-refractivity contribution in [3.8, 4) is 17.4 Å². The van der Waals surface area contributed by atoms with Crippen LogP contribution in [-0.2, 0) is 6.42 Å². The number of hydrogen-bond donors (Lipinski definition) is 2. The second-order valence-electron chi connectivity index (χ2n) is 15.1. The van der Waals surface area contributed by atoms with Crippen molar-refractivity contribution in [2.24, 2.45) is 23.5 Å². The normalized spacial score (nSPS) is 18.4. The van der Waals surface area contributed by atoms with Gasteiger partial charge in [-0.2, -0.15) is 0 Å². The minimum Gasteiger partial charge on any atom is -0.507 e. The van der Waals surface area contributed by atoms with Gasteiger partial charge in [0.05, 0.1) is 5.56 Å². The minimum atomic E-state index is -0.739. The predicted octanol–water partition coefficient (Wildman–Crippen LogP) is 9.34. The summed E-state index contributed by atoms with van der Waals surface area (Å²) in [4.78, 5) is 34.4. The van der Waals surface area contributed by atoms with Crippen molar-refractivity contribution in [2.45, 2.75) is 131 Å². The van der Waals surface area contributed by atoms with Gasteiger partial charge >= 0.3 is 5.97 Å². The molecule has 0 fully saturated rings. The number of ether oxygens (including phenoxy) is 2. The number of esters is 1. The zero-order valence-electron chi connectivity index (χ0n) is 30.9. The summed E-state index contributed by atoms with van der Waals surface area (Å²) in [5, 5.41) is 11.0. The van der Waals surface area contributed by atoms with E-state index < -0.39 is 17.5 Å². The molecule has 0 saturated carbocycles. The lowest BCUT2D eigenvalue weighted by molar-refractivity contribution is 0.0293. The second-order valence-corrected chi connectivity index (χ2v) is 15.1. The lowest BCUT2D eigenvalue weighted by atomic mass is 9.72. The van der Waals surface area contributed by atoms with E-state index in [4.69, 9.17) is 15.2 Å². The van der Waals surface area contributed by atoms with Crippen LogP contribution in [0.5, 0.6) is 17.4 Å². The molecule has 0 spiro atoms. The van der Waals surface area contributed by atoms with Crippen LogP contribution in [0.3, 0.4) is 0 Å². The summed E-state index contributed by atoms with van der Waals surface area (Å²) in [6.07, 6.45) is 15.4. The molecule has 0 aliphatic carbocycles. The molecule has 1 amide bonds. The van der Waals surface area contributed by atoms with Crippen LogP contribution < -0.4 is 15.2 Å². The first-order valence-corrected chi connectivity index (χ1v) is 18.1. The lowest BCUT2D eigenvalue weighted by Crippen LogP contribution is -2.45. The number of fused-ring (bicyclic) bond motifs is 1. The van der Waals surface area contributed by atoms with Crippen molar-refractivity contribution < 1.29 is 24.2 Å². The molecule has 3 aromatic rings. The Hall–Kier alpha value is -3.94. The number of benzene rings is 1. The summed E-state index contributed by atoms with van der Waals surface area (Å²) >= 11 is 0. The third kappa shape index (κ3) is 9.20. The number of nitrogens with two attached hydrogens (primary N) is 1. The van der Waals surface area contributed by atoms with Crippen LogP contribution in [0, 0.1) is 38.5 Å². The Morgan fingerprint density at radius 3 is 2.22 bits per heavy atom. The van der Waals surface area contributed by atoms with E-state index in [1.54, 1.807) is 30.6 Å². The highest BCUT2D eigenvalue weighted by Gasteiger charge is 2.45. The number of aromatic hydroxyl groups is 1. The molecule has 8 heteroatoms. The van der Waals surface area contributed by atoms with Crippen molar-refractivity contribution >= 4 is 11.9 Å². The van der Waals surface area contributed by atoms with Gasteiger partial charge in [-0.3, -0.25) is 9.78 Å². The van der Waals surface area contributed by atoms with Gasteiger partial charge < -0.3 is 20.3 Å². The second kappa shape index (κ2) is 16.6. The maximum atomic E-state index is 13.1. The summed E-state index contributed by atoms with van der Waals surface area (Å²) in [7, 11) is 0. The molecule has 1 unspecified atom stereocenters. The van der Waals surface area contributed by atoms with E-state index in [2.05, 4.69) is 44.6 Å². The van der Waals surface area contributed by atoms with Crippen molar-refractivity contribution in [1.29, 1.82) is 0 Å². The average Bonchev–Trinajstić information content (AvgIpc) is 3.06. The van der Waals surface area contributed by atoms with Gasteiger partial charge in [-0.1, -0.05) is 72.6 Å². The number of amides is 1. The number of rotatable bonds is 16. The van der Waals surface area contributed by atoms with E-state index >= 15 is 0 Å². The first kappa shape index (κ1) is 37.9. The topological polar surface area (TPSA) is 125 Å². The summed E-state index contributed by atoms with van der Waals surface area (Å²) in [6.45, 7) is 17.2. The van der Waals surface area contributed by atoms with E-state index in [1.807, 2.05) is 20.8 Å². The molecule has 1 aliphatic heterocycles. The van der Waals surface area contributed by atoms with Gasteiger partial charge in [-0.05, 0) is 105 Å². The Morgan fingerprint density at radius 1 is 0.959 bits per heavy atom. The first-order valence-electron chi connectivity index (χ1n) is 18.1. The summed E-state index contributed by atoms with van der Waals surface area (Å²) in [5.74, 6) is 1.29. The van der Waals surface area contributed by atoms with E-state index in [1.165, 1.54) is 44.7 Å². The maximum Gasteiger partial charge on any atom is 0.346 e. The fraction of sp³-hybridized carbons (Fsp3) is 0.561. The van der Waals surface area contributed by atoms with E-state index in [9.17, 15) is 14.7 Å². The fourth-order valence-corrected chi connectivity index (χ4v) is 7.42. The number of nitrogens with zero attached hydrogens (tertiary/aromatic N) is 2. The Morgan fingerprint density at radius 2 is 1.61 bits per heavy atom. The van der Waals surface area contributed by atoms with Crippen LogP contribution in [0.4, 0.5) is 0 Å². The Bertz CT molecular complexity index is 1600. The van der Waals surface area contributed by atoms with Crippen molar-refractivity contribution in [2.75, 3.05) is 0 Å². The van der Waals surface area contributed by atoms with Crippen molar-refractivity contribution in [3.63, 3.8) is 0 Å². The average molecular weight is 672 g/mol. The Kier molecular flexibility index (Phi) is 12.9. The molecule has 0 radical (unpaired) electrons. The van der Waals surface area contributed by atoms with Gasteiger partial charge in [0.1, 0.15) is 22.7 Å². The molecule has 266 valence electrons. The first-order chi connectivity index (χ1) is 23.2. The third-order valence-electron chi connectivity index (χ3n) is 10.7. The SMILES string of the molecule is Cc1c(C)c2c(c(C)c1O)CC(c1ccnc(OC(=O)c3cccnc3)c1C(N)=O)[C@](C)(CCC[C@H](C)CCC[C@@H](C)CCCC(C)C)O2. The molecule has 4 rings (SSSR count). The molecule has 3 N–H and O–H groups in total. The number of phenolic OH excluding ortho intramolecular Hbond substituents is 1. The number of carbonyl (C=O) groups is 2. The minimum absolute atomic E-state index is 0.0598. The van der Waals surface area contributed by atoms with E-state index in [0.29, 0.717) is 17.9 Å². The van der Waals surface area contributed by atoms with E-state index in [0.717, 1.165) is 59.1 Å². The quantitative estimate of drug-likeness (QED) is 0.145. The van der Waals surface area contributed by atoms with Crippen LogP contribution in [0.25, 0.3) is 0 Å². The maximum absolute atomic E-state index is 13.1. The largest absolute Gasteiger partial charge is 0.507 e. The monoisotopic (exact) mass is 671 g/mol. The lowest BCUT2D eigenvalue weighted by Gasteiger charge is -2.45. The smallest absolute Gasteiger partial charge is 0.346 e. The molecule has 4 atom stereocenters. The van der Waals surface area contributed by atoms with Crippen LogP contribution in [-0.4, -0.2) is 32.6 Å². The zero-order valence-corrected chi connectivity index (χ0v) is 30.9. The molecule has 3 heterocycles. The van der Waals surface area contributed by atoms with Gasteiger partial charge in [-0.25, -0.2) is 9.78 Å². The number of aromatic nitrogens is 2. The van der Waals surface area contributed by atoms with Gasteiger partial charge in [0, 0.05) is 30.1 Å². The highest BCUT2D eigenvalue weighted by Crippen LogP contribution is 2.51. The van der Waals surface area contributed by atoms with Gasteiger partial charge in [-0.15, -0.1) is 0 Å². The predicted molar refractivity (Wildman–Crippen MR) is 194 cm³/mol. The van der Waals surface area contributed by atoms with Crippen LogP contribution in [0.1, 0.15) is 147 Å². The molecule has 0 saturated heterocycles. The van der Waals surface area contributed by atoms with Crippen molar-refractivity contribution in [1.82, 2.24) is 9.97 Å². The molecular formula is C41H57N3O5. The molecular weight excluding hydrogens is 614 g/mol. The van der Waals surface area contributed by atoms with Crippen LogP contribution >= 0.6 is 0 Å². The van der Waals surface area contributed by atoms with Crippen LogP contribution in [0.15, 0.2) is 36.8 Å². The summed E-state index contributed by atoms with van der Waals surface area (Å²) < 4.78 is 12.7. The molecule has 1 aliphatic rings. The fourth-order valence-electron chi connectivity index (χ4n) is 7.42. The molecule has 2 aromatic heterocycles. The van der Waals surface area contributed by atoms with Crippen LogP contribution in [0.2, 0.25) is 0 Å². The summed E-state index contributed by atoms with van der Waals surface area (Å²) in [6, 6.07) is 5.00. The number of primary amides is 1. The Labute approximate surface area is 293 Å². The van der Waals surface area contributed by atoms with E-state index in [-0.39, 0.29) is 28.7 Å². The Balaban J connectivity index is 1.59. The number of carbonyl (C=O) groups excluding carboxylic acids is 2. The third-order valence-corrected chi connectivity index (χ3v) is 10.7. The highest BCUT2D eigenvalue weighted by atomic mass is 16.5. The standard InChI is InChI=1S/C41H57N3O5/c1-25(2)13-9-14-26(3)15-10-16-27(4)17-11-20-41(8)34(23-33-30(7)36(45)28(5)29(6)37(33)49-41)32-19-22-44-39(35(32)38(42)46)48-40(47)31-18-12-21-43-24-31/h12,18-19,21-22,24-27,34,45H,9-11,13-17,20,23H2,1-8H3,(H2,42,46)/t26-,27+,34?,41-/m0/s1. The molecule has 1 aromatic carbocycles. The zero-order chi connectivity index (χ0) is 35.9. The summed E-state index contributed by atoms with van der Waals surface area (Å²) in [5.41, 5.74) is 9.57. The number of phenols is 1. The van der Waals surface area contributed by atoms with Gasteiger partial charge in [0.15, 0.2) is 0 Å². The van der Waals surface area contributed by atoms with Gasteiger partial charge in [0.2, 0.25) is 5.88 Å². The molecule has 8 nitrogen and oxygen atoms in total.